The van der Waals surface area contributed by atoms with E-state index in [2.05, 4.69) is 21.2 Å². The summed E-state index contributed by atoms with van der Waals surface area (Å²) in [7, 11) is 1.54. The molecular weight excluding hydrogens is 365 g/mol. The first-order valence-corrected chi connectivity index (χ1v) is 7.51. The van der Waals surface area contributed by atoms with Gasteiger partial charge in [-0.15, -0.1) is 0 Å². The van der Waals surface area contributed by atoms with Crippen LogP contribution in [0.1, 0.15) is 12.0 Å². The van der Waals surface area contributed by atoms with Crippen molar-refractivity contribution in [3.05, 3.63) is 28.2 Å². The fourth-order valence-electron chi connectivity index (χ4n) is 2.46. The molecule has 1 amide bonds. The normalized spacial score (nSPS) is 18.9. The molecule has 1 aliphatic heterocycles. The molecule has 1 aromatic rings. The number of methoxy groups -OCH3 is 1. The van der Waals surface area contributed by atoms with Crippen LogP contribution in [0.25, 0.3) is 0 Å². The van der Waals surface area contributed by atoms with Crippen LogP contribution in [0.2, 0.25) is 0 Å². The van der Waals surface area contributed by atoms with Crippen LogP contribution < -0.4 is 10.1 Å². The van der Waals surface area contributed by atoms with Gasteiger partial charge >= 0.3 is 6.18 Å². The highest BCUT2D eigenvalue weighted by Crippen LogP contribution is 2.29. The lowest BCUT2D eigenvalue weighted by molar-refractivity contribution is -0.158. The molecule has 2 rings (SSSR count). The fraction of sp³-hybridized carbons (Fsp3) is 0.500. The molecule has 0 unspecified atom stereocenters. The average molecular weight is 381 g/mol. The summed E-state index contributed by atoms with van der Waals surface area (Å²) in [6.07, 6.45) is -4.00. The Kier molecular flexibility index (Phi) is 5.33. The second-order valence-corrected chi connectivity index (χ2v) is 5.88. The van der Waals surface area contributed by atoms with E-state index in [0.717, 1.165) is 14.9 Å². The van der Waals surface area contributed by atoms with E-state index in [1.807, 2.05) is 18.2 Å². The smallest absolute Gasteiger partial charge is 0.406 e. The third-order valence-corrected chi connectivity index (χ3v) is 4.08. The van der Waals surface area contributed by atoms with Crippen molar-refractivity contribution in [2.24, 2.45) is 0 Å². The van der Waals surface area contributed by atoms with Crippen LogP contribution in [0.15, 0.2) is 22.7 Å². The minimum absolute atomic E-state index is 0.117. The summed E-state index contributed by atoms with van der Waals surface area (Å²) in [5.41, 5.74) is 0.832. The SMILES string of the molecule is COc1c(Br)cccc1CN[C@@H]1CCN(CC(F)(F)F)C1=O. The van der Waals surface area contributed by atoms with Gasteiger partial charge in [-0.2, -0.15) is 13.2 Å². The zero-order valence-electron chi connectivity index (χ0n) is 11.9. The van der Waals surface area contributed by atoms with Crippen LogP contribution in [-0.4, -0.2) is 43.2 Å². The van der Waals surface area contributed by atoms with Gasteiger partial charge in [-0.25, -0.2) is 0 Å². The molecule has 4 nitrogen and oxygen atoms in total. The minimum atomic E-state index is -4.36. The highest BCUT2D eigenvalue weighted by atomic mass is 79.9. The van der Waals surface area contributed by atoms with Crippen LogP contribution >= 0.6 is 15.9 Å². The molecule has 1 aromatic carbocycles. The van der Waals surface area contributed by atoms with Gasteiger partial charge in [0.2, 0.25) is 5.91 Å². The Morgan fingerprint density at radius 1 is 1.45 bits per heavy atom. The van der Waals surface area contributed by atoms with E-state index in [9.17, 15) is 18.0 Å². The lowest BCUT2D eigenvalue weighted by atomic mass is 10.1. The van der Waals surface area contributed by atoms with Gasteiger partial charge in [-0.05, 0) is 28.4 Å². The summed E-state index contributed by atoms with van der Waals surface area (Å²) in [6.45, 7) is -0.727. The zero-order valence-corrected chi connectivity index (χ0v) is 13.5. The first-order valence-electron chi connectivity index (χ1n) is 6.72. The zero-order chi connectivity index (χ0) is 16.3. The quantitative estimate of drug-likeness (QED) is 0.853. The van der Waals surface area contributed by atoms with E-state index in [0.29, 0.717) is 18.7 Å². The number of para-hydroxylation sites is 1. The molecule has 1 aliphatic rings. The highest BCUT2D eigenvalue weighted by molar-refractivity contribution is 9.10. The van der Waals surface area contributed by atoms with Crippen molar-refractivity contribution in [3.63, 3.8) is 0 Å². The molecule has 0 bridgehead atoms. The van der Waals surface area contributed by atoms with Crippen LogP contribution in [0.4, 0.5) is 13.2 Å². The maximum atomic E-state index is 12.4. The number of hydrogen-bond donors (Lipinski definition) is 1. The summed E-state index contributed by atoms with van der Waals surface area (Å²) < 4.78 is 43.2. The Hall–Kier alpha value is -1.28. The van der Waals surface area contributed by atoms with E-state index >= 15 is 0 Å². The van der Waals surface area contributed by atoms with Crippen LogP contribution in [-0.2, 0) is 11.3 Å². The Morgan fingerprint density at radius 3 is 2.82 bits per heavy atom. The monoisotopic (exact) mass is 380 g/mol. The third-order valence-electron chi connectivity index (χ3n) is 3.46. The number of nitrogens with zero attached hydrogens (tertiary/aromatic N) is 1. The summed E-state index contributed by atoms with van der Waals surface area (Å²) in [6, 6.07) is 4.90. The van der Waals surface area contributed by atoms with E-state index in [1.165, 1.54) is 7.11 Å². The van der Waals surface area contributed by atoms with Crippen molar-refractivity contribution >= 4 is 21.8 Å². The van der Waals surface area contributed by atoms with Crippen molar-refractivity contribution in [2.45, 2.75) is 25.2 Å². The molecule has 1 N–H and O–H groups in total. The summed E-state index contributed by atoms with van der Waals surface area (Å²) in [5.74, 6) is 0.138. The van der Waals surface area contributed by atoms with Crippen molar-refractivity contribution in [3.8, 4) is 5.75 Å². The first kappa shape index (κ1) is 17.1. The maximum Gasteiger partial charge on any atom is 0.406 e. The topological polar surface area (TPSA) is 41.6 Å². The third kappa shape index (κ3) is 4.13. The van der Waals surface area contributed by atoms with Gasteiger partial charge in [-0.1, -0.05) is 12.1 Å². The molecule has 0 radical (unpaired) electrons. The average Bonchev–Trinajstić information content (AvgIpc) is 2.76. The molecule has 1 atom stereocenters. The number of carbonyl (C=O) groups is 1. The minimum Gasteiger partial charge on any atom is -0.495 e. The van der Waals surface area contributed by atoms with E-state index < -0.39 is 24.7 Å². The summed E-state index contributed by atoms with van der Waals surface area (Å²) in [5, 5.41) is 3.01. The number of halogens is 4. The highest BCUT2D eigenvalue weighted by Gasteiger charge is 2.39. The molecule has 0 spiro atoms. The number of hydrogen-bond acceptors (Lipinski definition) is 3. The number of alkyl halides is 3. The second kappa shape index (κ2) is 6.87. The molecule has 8 heteroatoms. The van der Waals surface area contributed by atoms with Gasteiger partial charge in [0.05, 0.1) is 17.6 Å². The maximum absolute atomic E-state index is 12.4. The standard InChI is InChI=1S/C14H16BrF3N2O2/c1-22-12-9(3-2-4-10(12)15)7-19-11-5-6-20(13(11)21)8-14(16,17)18/h2-4,11,19H,5-8H2,1H3/t11-/m1/s1. The van der Waals surface area contributed by atoms with Gasteiger partial charge < -0.3 is 15.0 Å². The molecule has 22 heavy (non-hydrogen) atoms. The van der Waals surface area contributed by atoms with Crippen molar-refractivity contribution in [1.29, 1.82) is 0 Å². The molecular formula is C14H16BrF3N2O2. The number of rotatable bonds is 5. The molecule has 1 heterocycles. The predicted octanol–water partition coefficient (Wildman–Crippen LogP) is 2.71. The van der Waals surface area contributed by atoms with Crippen molar-refractivity contribution in [1.82, 2.24) is 10.2 Å². The van der Waals surface area contributed by atoms with E-state index in [4.69, 9.17) is 4.74 Å². The number of carbonyl (C=O) groups excluding carboxylic acids is 1. The summed E-state index contributed by atoms with van der Waals surface area (Å²) in [4.78, 5) is 12.8. The van der Waals surface area contributed by atoms with Gasteiger partial charge in [0.25, 0.3) is 0 Å². The molecule has 0 saturated carbocycles. The Balaban J connectivity index is 1.96. The Labute approximate surface area is 134 Å². The Bertz CT molecular complexity index is 551. The molecule has 1 saturated heterocycles. The summed E-state index contributed by atoms with van der Waals surface area (Å²) >= 11 is 3.36. The molecule has 0 aliphatic carbocycles. The Morgan fingerprint density at radius 2 is 2.18 bits per heavy atom. The fourth-order valence-corrected chi connectivity index (χ4v) is 3.03. The molecule has 0 aromatic heterocycles. The van der Waals surface area contributed by atoms with Crippen LogP contribution in [0.3, 0.4) is 0 Å². The van der Waals surface area contributed by atoms with Gasteiger partial charge in [-0.3, -0.25) is 4.79 Å². The van der Waals surface area contributed by atoms with Gasteiger partial charge in [0, 0.05) is 18.7 Å². The van der Waals surface area contributed by atoms with Crippen molar-refractivity contribution in [2.75, 3.05) is 20.2 Å². The number of benzene rings is 1. The lowest BCUT2D eigenvalue weighted by Crippen LogP contribution is -2.41. The largest absolute Gasteiger partial charge is 0.495 e. The molecule has 122 valence electrons. The number of amides is 1. The van der Waals surface area contributed by atoms with Gasteiger partial charge in [0.15, 0.2) is 0 Å². The lowest BCUT2D eigenvalue weighted by Gasteiger charge is -2.19. The van der Waals surface area contributed by atoms with E-state index in [-0.39, 0.29) is 6.54 Å². The second-order valence-electron chi connectivity index (χ2n) is 5.03. The number of nitrogens with one attached hydrogen (secondary N) is 1. The number of likely N-dealkylation sites (tertiary alicyclic amines) is 1. The number of ether oxygens (including phenoxy) is 1. The van der Waals surface area contributed by atoms with Crippen molar-refractivity contribution < 1.29 is 22.7 Å². The van der Waals surface area contributed by atoms with Gasteiger partial charge in [0.1, 0.15) is 12.3 Å². The van der Waals surface area contributed by atoms with Crippen LogP contribution in [0, 0.1) is 0 Å². The van der Waals surface area contributed by atoms with Crippen LogP contribution in [0.5, 0.6) is 5.75 Å². The predicted molar refractivity (Wildman–Crippen MR) is 78.6 cm³/mol. The van der Waals surface area contributed by atoms with E-state index in [1.54, 1.807) is 0 Å². The molecule has 1 fully saturated rings. The first-order chi connectivity index (χ1) is 10.3.